The molecule has 1 aliphatic heterocycles. The van der Waals surface area contributed by atoms with Gasteiger partial charge in [-0.2, -0.15) is 0 Å². The average Bonchev–Trinajstić information content (AvgIpc) is 3.55. The summed E-state index contributed by atoms with van der Waals surface area (Å²) in [5.74, 6) is 0.439. The topological polar surface area (TPSA) is 36.4 Å². The van der Waals surface area contributed by atoms with E-state index in [1.54, 1.807) is 24.1 Å². The lowest BCUT2D eigenvalue weighted by molar-refractivity contribution is 0.611. The Labute approximate surface area is 168 Å². The fourth-order valence-electron chi connectivity index (χ4n) is 3.85. The maximum Gasteiger partial charge on any atom is 0.206 e. The number of anilines is 1. The zero-order valence-corrected chi connectivity index (χ0v) is 16.1. The smallest absolute Gasteiger partial charge is 0.206 e. The normalized spacial score (nSPS) is 18.1. The standard InChI is InChI=1S/C23H20FN3S/c24-19-11-5-4-7-16(19)15-25-22-26-21-18(10-6-12-20(21)28-27-22)23(13-14-23)17-8-2-1-3-9-17/h1-12H,13-15H2,(H2,25,26,27). The predicted molar refractivity (Wildman–Crippen MR) is 113 cm³/mol. The largest absolute Gasteiger partial charge is 0.324 e. The Hall–Kier alpha value is -2.79. The van der Waals surface area contributed by atoms with Crippen LogP contribution in [0.2, 0.25) is 0 Å². The molecule has 0 amide bonds. The number of aliphatic imine (C=N–C) groups is 1. The predicted octanol–water partition coefficient (Wildman–Crippen LogP) is 5.48. The maximum atomic E-state index is 13.9. The van der Waals surface area contributed by atoms with Crippen LogP contribution in [0.5, 0.6) is 0 Å². The molecule has 3 aromatic carbocycles. The Balaban J connectivity index is 1.46. The highest BCUT2D eigenvalue weighted by molar-refractivity contribution is 7.98. The molecule has 5 rings (SSSR count). The molecule has 0 atom stereocenters. The van der Waals surface area contributed by atoms with Crippen molar-refractivity contribution in [1.29, 1.82) is 0 Å². The Morgan fingerprint density at radius 2 is 1.71 bits per heavy atom. The Morgan fingerprint density at radius 3 is 2.50 bits per heavy atom. The lowest BCUT2D eigenvalue weighted by Crippen LogP contribution is -2.31. The monoisotopic (exact) mass is 389 g/mol. The van der Waals surface area contributed by atoms with Gasteiger partial charge in [-0.25, -0.2) is 9.38 Å². The summed E-state index contributed by atoms with van der Waals surface area (Å²) in [7, 11) is 0. The molecule has 0 saturated heterocycles. The van der Waals surface area contributed by atoms with Crippen LogP contribution in [0.1, 0.15) is 29.5 Å². The van der Waals surface area contributed by atoms with Gasteiger partial charge in [0.1, 0.15) is 5.82 Å². The van der Waals surface area contributed by atoms with E-state index in [9.17, 15) is 4.39 Å². The zero-order chi connectivity index (χ0) is 19.0. The van der Waals surface area contributed by atoms with Gasteiger partial charge in [0.25, 0.3) is 0 Å². The Kier molecular flexibility index (Phi) is 4.32. The molecule has 3 aromatic rings. The second kappa shape index (κ2) is 6.99. The summed E-state index contributed by atoms with van der Waals surface area (Å²) in [5.41, 5.74) is 4.45. The SMILES string of the molecule is Fc1ccccc1CN=C1NSc2cccc(C3(c4ccccc4)CC3)c2N1. The molecule has 5 heteroatoms. The third kappa shape index (κ3) is 3.06. The summed E-state index contributed by atoms with van der Waals surface area (Å²) in [5, 5.41) is 3.47. The third-order valence-corrected chi connectivity index (χ3v) is 6.34. The summed E-state index contributed by atoms with van der Waals surface area (Å²) in [6.07, 6.45) is 2.30. The molecule has 2 N–H and O–H groups in total. The number of hydrogen-bond acceptors (Lipinski definition) is 2. The first-order valence-corrected chi connectivity index (χ1v) is 10.2. The second-order valence-electron chi connectivity index (χ2n) is 7.21. The number of para-hydroxylation sites is 1. The highest BCUT2D eigenvalue weighted by Crippen LogP contribution is 2.56. The lowest BCUT2D eigenvalue weighted by Gasteiger charge is -2.27. The van der Waals surface area contributed by atoms with Gasteiger partial charge in [-0.3, -0.25) is 4.72 Å². The lowest BCUT2D eigenvalue weighted by atomic mass is 9.87. The molecule has 1 heterocycles. The van der Waals surface area contributed by atoms with Crippen LogP contribution in [0.4, 0.5) is 10.1 Å². The first-order chi connectivity index (χ1) is 13.8. The van der Waals surface area contributed by atoms with E-state index in [-0.39, 0.29) is 11.2 Å². The molecule has 0 aromatic heterocycles. The molecule has 28 heavy (non-hydrogen) atoms. The molecule has 0 unspecified atom stereocenters. The number of rotatable bonds is 4. The summed E-state index contributed by atoms with van der Waals surface area (Å²) in [6, 6.07) is 23.9. The summed E-state index contributed by atoms with van der Waals surface area (Å²) in [6.45, 7) is 0.296. The summed E-state index contributed by atoms with van der Waals surface area (Å²) < 4.78 is 17.1. The highest BCUT2D eigenvalue weighted by Gasteiger charge is 2.47. The van der Waals surface area contributed by atoms with E-state index in [2.05, 4.69) is 63.6 Å². The van der Waals surface area contributed by atoms with Crippen molar-refractivity contribution in [3.05, 3.63) is 95.3 Å². The molecule has 0 radical (unpaired) electrons. The molecule has 1 aliphatic carbocycles. The van der Waals surface area contributed by atoms with Crippen molar-refractivity contribution in [2.75, 3.05) is 5.32 Å². The number of guanidine groups is 1. The number of fused-ring (bicyclic) bond motifs is 1. The highest BCUT2D eigenvalue weighted by atomic mass is 32.2. The van der Waals surface area contributed by atoms with Gasteiger partial charge in [-0.15, -0.1) is 0 Å². The van der Waals surface area contributed by atoms with E-state index in [0.29, 0.717) is 18.1 Å². The molecular weight excluding hydrogens is 369 g/mol. The molecule has 140 valence electrons. The molecule has 0 bridgehead atoms. The molecule has 3 nitrogen and oxygen atoms in total. The van der Waals surface area contributed by atoms with Gasteiger partial charge >= 0.3 is 0 Å². The maximum absolute atomic E-state index is 13.9. The first-order valence-electron chi connectivity index (χ1n) is 9.43. The Bertz CT molecular complexity index is 1040. The number of halogens is 1. The van der Waals surface area contributed by atoms with Crippen molar-refractivity contribution in [2.24, 2.45) is 4.99 Å². The van der Waals surface area contributed by atoms with Gasteiger partial charge in [0, 0.05) is 11.0 Å². The number of benzene rings is 3. The molecule has 1 saturated carbocycles. The van der Waals surface area contributed by atoms with E-state index >= 15 is 0 Å². The van der Waals surface area contributed by atoms with Crippen molar-refractivity contribution < 1.29 is 4.39 Å². The van der Waals surface area contributed by atoms with Crippen LogP contribution in [0.15, 0.2) is 82.7 Å². The summed E-state index contributed by atoms with van der Waals surface area (Å²) >= 11 is 1.55. The molecule has 1 fully saturated rings. The number of nitrogens with zero attached hydrogens (tertiary/aromatic N) is 1. The van der Waals surface area contributed by atoms with Crippen LogP contribution in [0, 0.1) is 5.82 Å². The van der Waals surface area contributed by atoms with Crippen LogP contribution in [-0.4, -0.2) is 5.96 Å². The van der Waals surface area contributed by atoms with Crippen LogP contribution < -0.4 is 10.0 Å². The first kappa shape index (κ1) is 17.3. The van der Waals surface area contributed by atoms with Crippen LogP contribution in [0.25, 0.3) is 0 Å². The second-order valence-corrected chi connectivity index (χ2v) is 8.06. The molecule has 0 spiro atoms. The number of nitrogens with one attached hydrogen (secondary N) is 2. The van der Waals surface area contributed by atoms with E-state index in [1.165, 1.54) is 17.2 Å². The van der Waals surface area contributed by atoms with Gasteiger partial charge in [0.15, 0.2) is 0 Å². The van der Waals surface area contributed by atoms with Gasteiger partial charge in [0.2, 0.25) is 5.96 Å². The van der Waals surface area contributed by atoms with Crippen molar-refractivity contribution >= 4 is 23.6 Å². The molecular formula is C23H20FN3S. The fourth-order valence-corrected chi connectivity index (χ4v) is 4.58. The minimum Gasteiger partial charge on any atom is -0.324 e. The quantitative estimate of drug-likeness (QED) is 0.580. The third-order valence-electron chi connectivity index (χ3n) is 5.48. The van der Waals surface area contributed by atoms with Crippen molar-refractivity contribution in [2.45, 2.75) is 29.7 Å². The van der Waals surface area contributed by atoms with E-state index in [4.69, 9.17) is 0 Å². The fraction of sp³-hybridized carbons (Fsp3) is 0.174. The average molecular weight is 389 g/mol. The van der Waals surface area contributed by atoms with E-state index in [0.717, 1.165) is 23.4 Å². The molecule has 2 aliphatic rings. The van der Waals surface area contributed by atoms with Crippen molar-refractivity contribution in [3.8, 4) is 0 Å². The Morgan fingerprint density at radius 1 is 0.929 bits per heavy atom. The zero-order valence-electron chi connectivity index (χ0n) is 15.3. The van der Waals surface area contributed by atoms with Gasteiger partial charge in [-0.05, 0) is 48.0 Å². The van der Waals surface area contributed by atoms with Crippen molar-refractivity contribution in [3.63, 3.8) is 0 Å². The van der Waals surface area contributed by atoms with Gasteiger partial charge < -0.3 is 5.32 Å². The minimum absolute atomic E-state index is 0.0775. The van der Waals surface area contributed by atoms with Crippen molar-refractivity contribution in [1.82, 2.24) is 4.72 Å². The van der Waals surface area contributed by atoms with Crippen LogP contribution >= 0.6 is 11.9 Å². The van der Waals surface area contributed by atoms with E-state index in [1.807, 2.05) is 6.07 Å². The van der Waals surface area contributed by atoms with Gasteiger partial charge in [0.05, 0.1) is 17.1 Å². The van der Waals surface area contributed by atoms with Crippen LogP contribution in [-0.2, 0) is 12.0 Å². The number of hydrogen-bond donors (Lipinski definition) is 2. The van der Waals surface area contributed by atoms with Gasteiger partial charge in [-0.1, -0.05) is 60.7 Å². The summed E-state index contributed by atoms with van der Waals surface area (Å²) in [4.78, 5) is 5.72. The van der Waals surface area contributed by atoms with Crippen LogP contribution in [0.3, 0.4) is 0 Å². The minimum atomic E-state index is -0.225. The van der Waals surface area contributed by atoms with E-state index < -0.39 is 0 Å².